The van der Waals surface area contributed by atoms with Gasteiger partial charge in [-0.2, -0.15) is 0 Å². The van der Waals surface area contributed by atoms with Crippen LogP contribution in [0.25, 0.3) is 0 Å². The van der Waals surface area contributed by atoms with Crippen molar-refractivity contribution in [3.05, 3.63) is 65.2 Å². The van der Waals surface area contributed by atoms with Gasteiger partial charge < -0.3 is 25.4 Å². The van der Waals surface area contributed by atoms with Gasteiger partial charge in [-0.1, -0.05) is 83.8 Å². The smallest absolute Gasteiger partial charge is 0.250 e. The molecule has 0 radical (unpaired) electrons. The molecule has 0 aromatic heterocycles. The van der Waals surface area contributed by atoms with Crippen molar-refractivity contribution in [3.63, 3.8) is 0 Å². The van der Waals surface area contributed by atoms with Crippen molar-refractivity contribution in [2.75, 3.05) is 11.9 Å². The van der Waals surface area contributed by atoms with Gasteiger partial charge in [0.1, 0.15) is 11.6 Å². The summed E-state index contributed by atoms with van der Waals surface area (Å²) < 4.78 is 6.54. The Morgan fingerprint density at radius 2 is 1.85 bits per heavy atom. The van der Waals surface area contributed by atoms with Crippen LogP contribution in [-0.4, -0.2) is 63.0 Å². The zero-order chi connectivity index (χ0) is 27.9. The predicted molar refractivity (Wildman–Crippen MR) is 151 cm³/mol. The molecule has 10 heteroatoms. The number of ether oxygens (including phenoxy) is 1. The number of hydrogen-bond donors (Lipinski definition) is 3. The highest BCUT2D eigenvalue weighted by atomic mass is 79.9. The molecule has 3 saturated heterocycles. The van der Waals surface area contributed by atoms with Crippen LogP contribution >= 0.6 is 27.5 Å². The zero-order valence-corrected chi connectivity index (χ0v) is 24.2. The van der Waals surface area contributed by atoms with Crippen LogP contribution in [0.15, 0.2) is 54.6 Å². The first kappa shape index (κ1) is 28.1. The average Bonchev–Trinajstić information content (AvgIpc) is 3.51. The van der Waals surface area contributed by atoms with Gasteiger partial charge in [0, 0.05) is 11.4 Å². The summed E-state index contributed by atoms with van der Waals surface area (Å²) >= 11 is 10.0. The molecule has 3 aliphatic heterocycles. The summed E-state index contributed by atoms with van der Waals surface area (Å²) in [4.78, 5) is 43.1. The largest absolute Gasteiger partial charge is 0.394 e. The Hall–Kier alpha value is -2.46. The molecule has 7 atom stereocenters. The van der Waals surface area contributed by atoms with E-state index in [2.05, 4.69) is 26.6 Å². The van der Waals surface area contributed by atoms with Gasteiger partial charge in [-0.15, -0.1) is 0 Å². The summed E-state index contributed by atoms with van der Waals surface area (Å²) in [5.74, 6) is -2.55. The van der Waals surface area contributed by atoms with Crippen molar-refractivity contribution in [3.8, 4) is 0 Å². The first-order valence-corrected chi connectivity index (χ1v) is 14.6. The van der Waals surface area contributed by atoms with E-state index < -0.39 is 41.5 Å². The molecule has 3 heterocycles. The summed E-state index contributed by atoms with van der Waals surface area (Å²) in [6.07, 6.45) is 0.311. The van der Waals surface area contributed by atoms with Crippen LogP contribution in [0.3, 0.4) is 0 Å². The summed E-state index contributed by atoms with van der Waals surface area (Å²) in [5.41, 5.74) is 0.134. The first-order chi connectivity index (χ1) is 18.7. The minimum atomic E-state index is -1.22. The molecular weight excluding hydrogens is 586 g/mol. The molecular formula is C29H33BrClN3O5. The number of benzene rings is 2. The number of aliphatic hydroxyl groups is 1. The lowest BCUT2D eigenvalue weighted by molar-refractivity contribution is -0.144. The maximum atomic E-state index is 14.2. The Morgan fingerprint density at radius 1 is 1.15 bits per heavy atom. The van der Waals surface area contributed by atoms with E-state index in [0.717, 1.165) is 5.56 Å². The highest BCUT2D eigenvalue weighted by Crippen LogP contribution is 2.60. The first-order valence-electron chi connectivity index (χ1n) is 13.3. The second-order valence-electron chi connectivity index (χ2n) is 11.0. The maximum absolute atomic E-state index is 14.2. The van der Waals surface area contributed by atoms with Crippen molar-refractivity contribution in [1.29, 1.82) is 0 Å². The molecule has 3 aliphatic rings. The number of rotatable bonds is 9. The molecule has 3 amide bonds. The maximum Gasteiger partial charge on any atom is 0.250 e. The van der Waals surface area contributed by atoms with Gasteiger partial charge in [-0.3, -0.25) is 14.4 Å². The molecule has 8 nitrogen and oxygen atoms in total. The lowest BCUT2D eigenvalue weighted by Gasteiger charge is -2.37. The molecule has 2 bridgehead atoms. The quantitative estimate of drug-likeness (QED) is 0.371. The van der Waals surface area contributed by atoms with Gasteiger partial charge in [0.25, 0.3) is 0 Å². The average molecular weight is 619 g/mol. The van der Waals surface area contributed by atoms with E-state index in [-0.39, 0.29) is 29.2 Å². The molecule has 39 heavy (non-hydrogen) atoms. The van der Waals surface area contributed by atoms with Crippen LogP contribution in [0.2, 0.25) is 5.02 Å². The molecule has 0 saturated carbocycles. The molecule has 0 aliphatic carbocycles. The molecule has 2 aromatic carbocycles. The van der Waals surface area contributed by atoms with E-state index in [1.165, 1.54) is 4.90 Å². The second-order valence-corrected chi connectivity index (χ2v) is 12.6. The number of para-hydroxylation sites is 1. The predicted octanol–water partition coefficient (Wildman–Crippen LogP) is 3.75. The van der Waals surface area contributed by atoms with Crippen molar-refractivity contribution in [1.82, 2.24) is 10.2 Å². The SMILES string of the molecule is CC(C)C[C@H](CO)N1C(=O)[C@@H]2[C@H](C(=O)NCc3ccccc3)[C@H]3OC2(CC3Br)C1C(=O)Nc1ccccc1Cl. The van der Waals surface area contributed by atoms with Crippen LogP contribution in [0, 0.1) is 17.8 Å². The number of alkyl halides is 1. The van der Waals surface area contributed by atoms with E-state index in [4.69, 9.17) is 16.3 Å². The van der Waals surface area contributed by atoms with Crippen LogP contribution in [-0.2, 0) is 25.7 Å². The number of nitrogens with one attached hydrogen (secondary N) is 2. The van der Waals surface area contributed by atoms with Crippen LogP contribution in [0.5, 0.6) is 0 Å². The summed E-state index contributed by atoms with van der Waals surface area (Å²) in [6, 6.07) is 14.8. The lowest BCUT2D eigenvalue weighted by Crippen LogP contribution is -2.57. The van der Waals surface area contributed by atoms with Crippen LogP contribution < -0.4 is 10.6 Å². The fourth-order valence-corrected chi connectivity index (χ4v) is 7.67. The van der Waals surface area contributed by atoms with Crippen molar-refractivity contribution >= 4 is 50.9 Å². The minimum Gasteiger partial charge on any atom is -0.394 e. The van der Waals surface area contributed by atoms with Gasteiger partial charge in [0.05, 0.1) is 41.3 Å². The number of nitrogens with zero attached hydrogens (tertiary/aromatic N) is 1. The number of carbonyl (C=O) groups is 3. The monoisotopic (exact) mass is 617 g/mol. The number of carbonyl (C=O) groups excluding carboxylic acids is 3. The summed E-state index contributed by atoms with van der Waals surface area (Å²) in [5, 5.41) is 16.6. The highest BCUT2D eigenvalue weighted by Gasteiger charge is 2.77. The Labute approximate surface area is 241 Å². The zero-order valence-electron chi connectivity index (χ0n) is 21.8. The molecule has 208 valence electrons. The van der Waals surface area contributed by atoms with Crippen molar-refractivity contribution < 1.29 is 24.2 Å². The standard InChI is InChI=1S/C29H33BrClN3O5/c1-16(2)12-18(15-35)34-25(27(37)33-21-11-7-6-10-20(21)31)29-13-19(30)24(39-29)22(23(29)28(34)38)26(36)32-14-17-8-4-3-5-9-17/h3-11,16,18-19,22-25,35H,12-15H2,1-2H3,(H,32,36)(H,33,37)/t18-,19?,22+,23+,24+,25?,29?/m1/s1. The Balaban J connectivity index is 1.50. The van der Waals surface area contributed by atoms with Gasteiger partial charge in [-0.25, -0.2) is 0 Å². The lowest BCUT2D eigenvalue weighted by atomic mass is 9.70. The fraction of sp³-hybridized carbons (Fsp3) is 0.483. The number of anilines is 1. The van der Waals surface area contributed by atoms with E-state index in [9.17, 15) is 19.5 Å². The number of likely N-dealkylation sites (tertiary alicyclic amines) is 1. The van der Waals surface area contributed by atoms with E-state index in [0.29, 0.717) is 30.1 Å². The van der Waals surface area contributed by atoms with Crippen LogP contribution in [0.4, 0.5) is 5.69 Å². The molecule has 5 rings (SSSR count). The van der Waals surface area contributed by atoms with Crippen LogP contribution in [0.1, 0.15) is 32.3 Å². The molecule has 3 fully saturated rings. The second kappa shape index (κ2) is 11.2. The molecule has 3 unspecified atom stereocenters. The topological polar surface area (TPSA) is 108 Å². The number of fused-ring (bicyclic) bond motifs is 1. The number of aliphatic hydroxyl groups excluding tert-OH is 1. The van der Waals surface area contributed by atoms with Gasteiger partial charge >= 0.3 is 0 Å². The number of amides is 3. The summed E-state index contributed by atoms with van der Waals surface area (Å²) in [7, 11) is 0. The molecule has 1 spiro atoms. The van der Waals surface area contributed by atoms with Crippen molar-refractivity contribution in [2.45, 2.75) is 61.8 Å². The Kier molecular flexibility index (Phi) is 8.06. The minimum absolute atomic E-state index is 0.159. The Bertz CT molecular complexity index is 1250. The Morgan fingerprint density at radius 3 is 2.51 bits per heavy atom. The van der Waals surface area contributed by atoms with E-state index >= 15 is 0 Å². The van der Waals surface area contributed by atoms with Gasteiger partial charge in [-0.05, 0) is 36.5 Å². The molecule has 3 N–H and O–H groups in total. The fourth-order valence-electron chi connectivity index (χ4n) is 6.55. The number of hydrogen-bond acceptors (Lipinski definition) is 5. The third kappa shape index (κ3) is 4.99. The number of halogens is 2. The van der Waals surface area contributed by atoms with Crippen molar-refractivity contribution in [2.24, 2.45) is 17.8 Å². The third-order valence-electron chi connectivity index (χ3n) is 8.07. The third-order valence-corrected chi connectivity index (χ3v) is 9.24. The van der Waals surface area contributed by atoms with E-state index in [1.54, 1.807) is 24.3 Å². The van der Waals surface area contributed by atoms with Gasteiger partial charge in [0.15, 0.2) is 0 Å². The van der Waals surface area contributed by atoms with Gasteiger partial charge in [0.2, 0.25) is 17.7 Å². The highest BCUT2D eigenvalue weighted by molar-refractivity contribution is 9.09. The molecule has 2 aromatic rings. The summed E-state index contributed by atoms with van der Waals surface area (Å²) in [6.45, 7) is 4.00. The van der Waals surface area contributed by atoms with E-state index in [1.807, 2.05) is 44.2 Å². The normalized spacial score (nSPS) is 29.9.